The minimum Gasteiger partial charge on any atom is -0.325 e. The molecule has 0 radical (unpaired) electrons. The van der Waals surface area contributed by atoms with Crippen molar-refractivity contribution in [3.63, 3.8) is 0 Å². The third-order valence-electron chi connectivity index (χ3n) is 4.04. The highest BCUT2D eigenvalue weighted by molar-refractivity contribution is 7.89. The van der Waals surface area contributed by atoms with Crippen molar-refractivity contribution >= 4 is 32.4 Å². The molecule has 0 aliphatic heterocycles. The summed E-state index contributed by atoms with van der Waals surface area (Å²) in [6.45, 7) is 3.44. The lowest BCUT2D eigenvalue weighted by Crippen LogP contribution is -2.41. The third-order valence-corrected chi connectivity index (χ3v) is 5.58. The van der Waals surface area contributed by atoms with Gasteiger partial charge in [0, 0.05) is 5.69 Å². The Kier molecular flexibility index (Phi) is 5.06. The van der Waals surface area contributed by atoms with E-state index in [1.807, 2.05) is 49.4 Å². The minimum absolute atomic E-state index is 0.131. The summed E-state index contributed by atoms with van der Waals surface area (Å²) in [5, 5.41) is 4.50. The van der Waals surface area contributed by atoms with E-state index in [0.29, 0.717) is 5.69 Å². The van der Waals surface area contributed by atoms with E-state index in [1.54, 1.807) is 18.2 Å². The molecule has 3 aromatic carbocycles. The first-order valence-electron chi connectivity index (χ1n) is 8.24. The molecule has 1 amide bonds. The maximum absolute atomic E-state index is 12.6. The molecule has 6 heteroatoms. The van der Waals surface area contributed by atoms with E-state index in [-0.39, 0.29) is 4.90 Å². The van der Waals surface area contributed by atoms with E-state index < -0.39 is 22.0 Å². The number of aryl methyl sites for hydroxylation is 1. The molecule has 0 spiro atoms. The molecule has 1 atom stereocenters. The molecule has 0 aromatic heterocycles. The molecule has 0 unspecified atom stereocenters. The first kappa shape index (κ1) is 18.1. The van der Waals surface area contributed by atoms with E-state index in [2.05, 4.69) is 10.0 Å². The summed E-state index contributed by atoms with van der Waals surface area (Å²) in [6, 6.07) is 18.8. The Morgan fingerprint density at radius 3 is 2.38 bits per heavy atom. The Bertz CT molecular complexity index is 1060. The normalized spacial score (nSPS) is 12.7. The van der Waals surface area contributed by atoms with Gasteiger partial charge >= 0.3 is 0 Å². The van der Waals surface area contributed by atoms with Crippen LogP contribution in [0.15, 0.2) is 71.6 Å². The van der Waals surface area contributed by atoms with Crippen LogP contribution in [-0.2, 0) is 14.8 Å². The van der Waals surface area contributed by atoms with Crippen molar-refractivity contribution < 1.29 is 13.2 Å². The number of rotatable bonds is 5. The first-order valence-corrected chi connectivity index (χ1v) is 9.72. The number of sulfonamides is 1. The SMILES string of the molecule is Cc1cccc(NC(=O)[C@@H](C)NS(=O)(=O)c2ccc3ccccc3c2)c1. The van der Waals surface area contributed by atoms with E-state index in [1.165, 1.54) is 13.0 Å². The molecule has 0 aliphatic rings. The number of fused-ring (bicyclic) bond motifs is 1. The van der Waals surface area contributed by atoms with Gasteiger partial charge in [0.2, 0.25) is 15.9 Å². The van der Waals surface area contributed by atoms with Crippen molar-refractivity contribution in [3.8, 4) is 0 Å². The van der Waals surface area contributed by atoms with Gasteiger partial charge in [-0.2, -0.15) is 4.72 Å². The first-order chi connectivity index (χ1) is 12.3. The lowest BCUT2D eigenvalue weighted by Gasteiger charge is -2.15. The number of anilines is 1. The molecule has 5 nitrogen and oxygen atoms in total. The van der Waals surface area contributed by atoms with Crippen LogP contribution in [-0.4, -0.2) is 20.4 Å². The van der Waals surface area contributed by atoms with Gasteiger partial charge < -0.3 is 5.32 Å². The molecule has 0 saturated carbocycles. The van der Waals surface area contributed by atoms with Gasteiger partial charge in [-0.1, -0.05) is 42.5 Å². The Morgan fingerprint density at radius 1 is 0.923 bits per heavy atom. The van der Waals surface area contributed by atoms with Crippen LogP contribution in [0.3, 0.4) is 0 Å². The standard InChI is InChI=1S/C20H20N2O3S/c1-14-6-5-9-18(12-14)21-20(23)15(2)22-26(24,25)19-11-10-16-7-3-4-8-17(16)13-19/h3-13,15,22H,1-2H3,(H,21,23)/t15-/m1/s1. The van der Waals surface area contributed by atoms with Gasteiger partial charge in [0.05, 0.1) is 10.9 Å². The molecule has 0 fully saturated rings. The number of amides is 1. The van der Waals surface area contributed by atoms with Crippen LogP contribution in [0.4, 0.5) is 5.69 Å². The van der Waals surface area contributed by atoms with Gasteiger partial charge in [0.1, 0.15) is 0 Å². The second-order valence-electron chi connectivity index (χ2n) is 6.21. The van der Waals surface area contributed by atoms with Crippen LogP contribution in [0.2, 0.25) is 0 Å². The van der Waals surface area contributed by atoms with E-state index in [0.717, 1.165) is 16.3 Å². The van der Waals surface area contributed by atoms with Gasteiger partial charge in [0.25, 0.3) is 0 Å². The quantitative estimate of drug-likeness (QED) is 0.724. The highest BCUT2D eigenvalue weighted by Gasteiger charge is 2.22. The van der Waals surface area contributed by atoms with Crippen LogP contribution in [0.25, 0.3) is 10.8 Å². The Labute approximate surface area is 153 Å². The van der Waals surface area contributed by atoms with Crippen LogP contribution in [0.5, 0.6) is 0 Å². The Hall–Kier alpha value is -2.70. The third kappa shape index (κ3) is 4.09. The molecular formula is C20H20N2O3S. The molecular weight excluding hydrogens is 348 g/mol. The second kappa shape index (κ2) is 7.27. The molecule has 2 N–H and O–H groups in total. The lowest BCUT2D eigenvalue weighted by molar-refractivity contribution is -0.117. The van der Waals surface area contributed by atoms with E-state index in [9.17, 15) is 13.2 Å². The summed E-state index contributed by atoms with van der Waals surface area (Å²) in [7, 11) is -3.81. The molecule has 26 heavy (non-hydrogen) atoms. The van der Waals surface area contributed by atoms with Crippen molar-refractivity contribution in [2.75, 3.05) is 5.32 Å². The lowest BCUT2D eigenvalue weighted by atomic mass is 10.1. The number of nitrogens with one attached hydrogen (secondary N) is 2. The number of hydrogen-bond acceptors (Lipinski definition) is 3. The van der Waals surface area contributed by atoms with Gasteiger partial charge in [0.15, 0.2) is 0 Å². The highest BCUT2D eigenvalue weighted by atomic mass is 32.2. The second-order valence-corrected chi connectivity index (χ2v) is 7.92. The Morgan fingerprint density at radius 2 is 1.65 bits per heavy atom. The minimum atomic E-state index is -3.81. The predicted molar refractivity (Wildman–Crippen MR) is 104 cm³/mol. The van der Waals surface area contributed by atoms with Gasteiger partial charge in [-0.25, -0.2) is 8.42 Å². The summed E-state index contributed by atoms with van der Waals surface area (Å²) in [5.41, 5.74) is 1.64. The van der Waals surface area contributed by atoms with Crippen LogP contribution in [0.1, 0.15) is 12.5 Å². The number of hydrogen-bond donors (Lipinski definition) is 2. The maximum Gasteiger partial charge on any atom is 0.242 e. The molecule has 3 rings (SSSR count). The zero-order chi connectivity index (χ0) is 18.7. The fourth-order valence-electron chi connectivity index (χ4n) is 2.66. The van der Waals surface area contributed by atoms with Crippen molar-refractivity contribution in [2.45, 2.75) is 24.8 Å². The largest absolute Gasteiger partial charge is 0.325 e. The van der Waals surface area contributed by atoms with Crippen LogP contribution < -0.4 is 10.0 Å². The van der Waals surface area contributed by atoms with Crippen molar-refractivity contribution in [1.82, 2.24) is 4.72 Å². The zero-order valence-corrected chi connectivity index (χ0v) is 15.4. The monoisotopic (exact) mass is 368 g/mol. The van der Waals surface area contributed by atoms with Crippen molar-refractivity contribution in [3.05, 3.63) is 72.3 Å². The number of carbonyl (C=O) groups excluding carboxylic acids is 1. The molecule has 0 heterocycles. The van der Waals surface area contributed by atoms with Crippen molar-refractivity contribution in [2.24, 2.45) is 0 Å². The predicted octanol–water partition coefficient (Wildman–Crippen LogP) is 3.45. The molecule has 0 bridgehead atoms. The molecule has 134 valence electrons. The summed E-state index contributed by atoms with van der Waals surface area (Å²) in [4.78, 5) is 12.4. The van der Waals surface area contributed by atoms with E-state index in [4.69, 9.17) is 0 Å². The Balaban J connectivity index is 1.75. The molecule has 0 saturated heterocycles. The average Bonchev–Trinajstić information content (AvgIpc) is 2.61. The van der Waals surface area contributed by atoms with Crippen molar-refractivity contribution in [1.29, 1.82) is 0 Å². The molecule has 3 aromatic rings. The summed E-state index contributed by atoms with van der Waals surface area (Å²) >= 11 is 0. The zero-order valence-electron chi connectivity index (χ0n) is 14.6. The highest BCUT2D eigenvalue weighted by Crippen LogP contribution is 2.19. The summed E-state index contributed by atoms with van der Waals surface area (Å²) in [5.74, 6) is -0.417. The van der Waals surface area contributed by atoms with Gasteiger partial charge in [-0.3, -0.25) is 4.79 Å². The van der Waals surface area contributed by atoms with Crippen LogP contribution in [0, 0.1) is 6.92 Å². The van der Waals surface area contributed by atoms with Crippen LogP contribution >= 0.6 is 0 Å². The topological polar surface area (TPSA) is 75.3 Å². The maximum atomic E-state index is 12.6. The van der Waals surface area contributed by atoms with Gasteiger partial charge in [-0.05, 0) is 54.4 Å². The summed E-state index contributed by atoms with van der Waals surface area (Å²) in [6.07, 6.45) is 0. The number of benzene rings is 3. The number of carbonyl (C=O) groups is 1. The van der Waals surface area contributed by atoms with Gasteiger partial charge in [-0.15, -0.1) is 0 Å². The smallest absolute Gasteiger partial charge is 0.242 e. The molecule has 0 aliphatic carbocycles. The fraction of sp³-hybridized carbons (Fsp3) is 0.150. The summed E-state index contributed by atoms with van der Waals surface area (Å²) < 4.78 is 27.6. The van der Waals surface area contributed by atoms with E-state index >= 15 is 0 Å². The average molecular weight is 368 g/mol. The fourth-order valence-corrected chi connectivity index (χ4v) is 3.90.